The fraction of sp³-hybridized carbons (Fsp3) is 0.154. The van der Waals surface area contributed by atoms with Crippen LogP contribution in [-0.2, 0) is 6.42 Å². The molecule has 0 fully saturated rings. The van der Waals surface area contributed by atoms with Crippen LogP contribution in [0.5, 0.6) is 0 Å². The van der Waals surface area contributed by atoms with Crippen LogP contribution in [0.4, 0.5) is 5.82 Å². The zero-order valence-electron chi connectivity index (χ0n) is 9.16. The van der Waals surface area contributed by atoms with Crippen LogP contribution in [0.2, 0.25) is 5.02 Å². The third-order valence-electron chi connectivity index (χ3n) is 2.38. The monoisotopic (exact) mass is 310 g/mol. The van der Waals surface area contributed by atoms with Gasteiger partial charge < -0.3 is 5.32 Å². The quantitative estimate of drug-likeness (QED) is 0.917. The van der Waals surface area contributed by atoms with Crippen LogP contribution >= 0.6 is 27.5 Å². The summed E-state index contributed by atoms with van der Waals surface area (Å²) in [5.41, 5.74) is 1.26. The van der Waals surface area contributed by atoms with Crippen molar-refractivity contribution in [3.8, 4) is 0 Å². The van der Waals surface area contributed by atoms with Gasteiger partial charge in [-0.1, -0.05) is 23.7 Å². The van der Waals surface area contributed by atoms with Crippen molar-refractivity contribution in [1.82, 2.24) is 4.98 Å². The van der Waals surface area contributed by atoms with E-state index in [1.807, 2.05) is 36.4 Å². The summed E-state index contributed by atoms with van der Waals surface area (Å²) in [6.45, 7) is 0.844. The number of pyridine rings is 1. The van der Waals surface area contributed by atoms with Crippen LogP contribution in [0.15, 0.2) is 47.1 Å². The number of nitrogens with one attached hydrogen (secondary N) is 1. The van der Waals surface area contributed by atoms with Crippen molar-refractivity contribution < 1.29 is 0 Å². The predicted octanol–water partition coefficient (Wildman–Crippen LogP) is 4.15. The lowest BCUT2D eigenvalue weighted by molar-refractivity contribution is 1.00. The minimum absolute atomic E-state index is 0.772. The van der Waals surface area contributed by atoms with Crippen LogP contribution in [0.3, 0.4) is 0 Å². The van der Waals surface area contributed by atoms with E-state index in [0.717, 1.165) is 28.3 Å². The third-order valence-corrected chi connectivity index (χ3v) is 3.27. The third kappa shape index (κ3) is 3.72. The van der Waals surface area contributed by atoms with Gasteiger partial charge in [0, 0.05) is 17.8 Å². The molecule has 1 N–H and O–H groups in total. The highest BCUT2D eigenvalue weighted by Gasteiger charge is 1.99. The first kappa shape index (κ1) is 12.4. The molecule has 1 aromatic carbocycles. The second kappa shape index (κ2) is 6.03. The second-order valence-corrected chi connectivity index (χ2v) is 4.93. The van der Waals surface area contributed by atoms with E-state index >= 15 is 0 Å². The molecule has 0 aliphatic rings. The number of rotatable bonds is 4. The standard InChI is InChI=1S/C13H12BrClN2/c14-12-2-1-8-16-13(12)17-9-7-10-3-5-11(15)6-4-10/h1-6,8H,7,9H2,(H,16,17). The molecule has 0 amide bonds. The molecule has 0 aliphatic heterocycles. The summed E-state index contributed by atoms with van der Waals surface area (Å²) in [7, 11) is 0. The van der Waals surface area contributed by atoms with Gasteiger partial charge in [-0.3, -0.25) is 0 Å². The summed E-state index contributed by atoms with van der Waals surface area (Å²) in [5.74, 6) is 0.876. The van der Waals surface area contributed by atoms with Crippen molar-refractivity contribution in [2.75, 3.05) is 11.9 Å². The molecule has 4 heteroatoms. The molecule has 88 valence electrons. The van der Waals surface area contributed by atoms with Gasteiger partial charge in [0.05, 0.1) is 4.47 Å². The van der Waals surface area contributed by atoms with Gasteiger partial charge in [-0.15, -0.1) is 0 Å². The van der Waals surface area contributed by atoms with Crippen LogP contribution < -0.4 is 5.32 Å². The van der Waals surface area contributed by atoms with Gasteiger partial charge in [0.1, 0.15) is 5.82 Å². The molecule has 1 aromatic heterocycles. The zero-order chi connectivity index (χ0) is 12.1. The maximum absolute atomic E-state index is 5.83. The Balaban J connectivity index is 1.88. The van der Waals surface area contributed by atoms with E-state index in [0.29, 0.717) is 0 Å². The molecule has 0 spiro atoms. The van der Waals surface area contributed by atoms with Gasteiger partial charge in [-0.25, -0.2) is 4.98 Å². The van der Waals surface area contributed by atoms with Gasteiger partial charge in [0.25, 0.3) is 0 Å². The summed E-state index contributed by atoms with van der Waals surface area (Å²) in [6.07, 6.45) is 2.72. The van der Waals surface area contributed by atoms with E-state index in [1.165, 1.54) is 5.56 Å². The van der Waals surface area contributed by atoms with E-state index in [1.54, 1.807) is 6.20 Å². The van der Waals surface area contributed by atoms with Crippen LogP contribution in [0, 0.1) is 0 Å². The van der Waals surface area contributed by atoms with Crippen molar-refractivity contribution in [2.45, 2.75) is 6.42 Å². The highest BCUT2D eigenvalue weighted by atomic mass is 79.9. The highest BCUT2D eigenvalue weighted by molar-refractivity contribution is 9.10. The number of nitrogens with zero attached hydrogens (tertiary/aromatic N) is 1. The number of benzene rings is 1. The predicted molar refractivity (Wildman–Crippen MR) is 75.6 cm³/mol. The largest absolute Gasteiger partial charge is 0.369 e. The topological polar surface area (TPSA) is 24.9 Å². The van der Waals surface area contributed by atoms with Gasteiger partial charge >= 0.3 is 0 Å². The van der Waals surface area contributed by atoms with Crippen LogP contribution in [0.1, 0.15) is 5.56 Å². The molecule has 1 heterocycles. The smallest absolute Gasteiger partial charge is 0.140 e. The zero-order valence-corrected chi connectivity index (χ0v) is 11.5. The second-order valence-electron chi connectivity index (χ2n) is 3.64. The summed E-state index contributed by atoms with van der Waals surface area (Å²) in [6, 6.07) is 11.8. The molecule has 0 aliphatic carbocycles. The fourth-order valence-electron chi connectivity index (χ4n) is 1.49. The molecule has 2 aromatic rings. The molecule has 2 nitrogen and oxygen atoms in total. The first-order valence-corrected chi connectivity index (χ1v) is 6.51. The van der Waals surface area contributed by atoms with E-state index in [2.05, 4.69) is 26.2 Å². The van der Waals surface area contributed by atoms with E-state index in [9.17, 15) is 0 Å². The molecule has 0 radical (unpaired) electrons. The van der Waals surface area contributed by atoms with E-state index in [-0.39, 0.29) is 0 Å². The first-order valence-electron chi connectivity index (χ1n) is 5.34. The molecule has 0 bridgehead atoms. The Morgan fingerprint density at radius 3 is 2.65 bits per heavy atom. The minimum Gasteiger partial charge on any atom is -0.369 e. The molecular formula is C13H12BrClN2. The van der Waals surface area contributed by atoms with Gasteiger partial charge in [-0.2, -0.15) is 0 Å². The number of aromatic nitrogens is 1. The molecule has 0 saturated carbocycles. The Morgan fingerprint density at radius 2 is 1.94 bits per heavy atom. The fourth-order valence-corrected chi connectivity index (χ4v) is 2.01. The molecule has 2 rings (SSSR count). The van der Waals surface area contributed by atoms with Crippen molar-refractivity contribution in [2.24, 2.45) is 0 Å². The summed E-state index contributed by atoms with van der Waals surface area (Å²) >= 11 is 9.28. The van der Waals surface area contributed by atoms with Gasteiger partial charge in [0.2, 0.25) is 0 Å². The average Bonchev–Trinajstić information content (AvgIpc) is 2.34. The van der Waals surface area contributed by atoms with Gasteiger partial charge in [-0.05, 0) is 52.2 Å². The Hall–Kier alpha value is -1.06. The maximum Gasteiger partial charge on any atom is 0.140 e. The SMILES string of the molecule is Clc1ccc(CCNc2ncccc2Br)cc1. The van der Waals surface area contributed by atoms with Crippen molar-refractivity contribution >= 4 is 33.3 Å². The van der Waals surface area contributed by atoms with Crippen molar-refractivity contribution in [1.29, 1.82) is 0 Å². The van der Waals surface area contributed by atoms with Gasteiger partial charge in [0.15, 0.2) is 0 Å². The number of hydrogen-bond donors (Lipinski definition) is 1. The summed E-state index contributed by atoms with van der Waals surface area (Å²) < 4.78 is 0.983. The lowest BCUT2D eigenvalue weighted by atomic mass is 10.1. The van der Waals surface area contributed by atoms with Crippen LogP contribution in [0.25, 0.3) is 0 Å². The Labute approximate surface area is 114 Å². The molecule has 0 saturated heterocycles. The highest BCUT2D eigenvalue weighted by Crippen LogP contribution is 2.18. The Morgan fingerprint density at radius 1 is 1.18 bits per heavy atom. The lowest BCUT2D eigenvalue weighted by Gasteiger charge is -2.07. The van der Waals surface area contributed by atoms with E-state index in [4.69, 9.17) is 11.6 Å². The number of hydrogen-bond acceptors (Lipinski definition) is 2. The molecule has 0 unspecified atom stereocenters. The molecular weight excluding hydrogens is 300 g/mol. The van der Waals surface area contributed by atoms with E-state index < -0.39 is 0 Å². The summed E-state index contributed by atoms with van der Waals surface area (Å²) in [5, 5.41) is 4.06. The summed E-state index contributed by atoms with van der Waals surface area (Å²) in [4.78, 5) is 4.24. The Bertz CT molecular complexity index is 485. The normalized spacial score (nSPS) is 10.2. The van der Waals surface area contributed by atoms with Crippen molar-refractivity contribution in [3.05, 3.63) is 57.7 Å². The maximum atomic E-state index is 5.83. The average molecular weight is 312 g/mol. The first-order chi connectivity index (χ1) is 8.25. The molecule has 0 atom stereocenters. The van der Waals surface area contributed by atoms with Crippen molar-refractivity contribution in [3.63, 3.8) is 0 Å². The number of halogens is 2. The molecule has 17 heavy (non-hydrogen) atoms. The number of anilines is 1. The lowest BCUT2D eigenvalue weighted by Crippen LogP contribution is -2.06. The van der Waals surface area contributed by atoms with Crippen LogP contribution in [-0.4, -0.2) is 11.5 Å². The minimum atomic E-state index is 0.772. The Kier molecular flexibility index (Phi) is 4.40.